The summed E-state index contributed by atoms with van der Waals surface area (Å²) in [6, 6.07) is 6.33. The Labute approximate surface area is 95.4 Å². The largest absolute Gasteiger partial charge is 0.315 e. The number of para-hydroxylation sites is 1. The molecule has 2 atom stereocenters. The van der Waals surface area contributed by atoms with Gasteiger partial charge in [-0.3, -0.25) is 4.79 Å². The maximum absolute atomic E-state index is 12.2. The van der Waals surface area contributed by atoms with Crippen molar-refractivity contribution in [3.05, 3.63) is 29.3 Å². The van der Waals surface area contributed by atoms with Crippen LogP contribution in [0, 0.1) is 12.8 Å². The Balaban J connectivity index is 2.20. The molecule has 2 unspecified atom stereocenters. The van der Waals surface area contributed by atoms with E-state index >= 15 is 0 Å². The van der Waals surface area contributed by atoms with Crippen molar-refractivity contribution < 1.29 is 4.79 Å². The second kappa shape index (κ2) is 3.32. The van der Waals surface area contributed by atoms with Crippen molar-refractivity contribution in [3.8, 4) is 0 Å². The van der Waals surface area contributed by atoms with E-state index < -0.39 is 0 Å². The smallest absolute Gasteiger partial charge is 0.231 e. The number of hydrogen-bond acceptors (Lipinski definition) is 2. The number of amides is 1. The minimum absolute atomic E-state index is 0.138. The van der Waals surface area contributed by atoms with Gasteiger partial charge in [-0.25, -0.2) is 0 Å². The third-order valence-electron chi connectivity index (χ3n) is 3.87. The highest BCUT2D eigenvalue weighted by Gasteiger charge is 2.41. The quantitative estimate of drug-likeness (QED) is 0.708. The average molecular weight is 216 g/mol. The Morgan fingerprint density at radius 3 is 2.88 bits per heavy atom. The van der Waals surface area contributed by atoms with E-state index in [1.807, 2.05) is 11.9 Å². The molecule has 16 heavy (non-hydrogen) atoms. The Hall–Kier alpha value is -1.35. The molecule has 0 radical (unpaired) electrons. The van der Waals surface area contributed by atoms with Gasteiger partial charge in [-0.1, -0.05) is 18.2 Å². The first kappa shape index (κ1) is 9.85. The summed E-state index contributed by atoms with van der Waals surface area (Å²) in [7, 11) is 1.89. The molecule has 2 aliphatic rings. The van der Waals surface area contributed by atoms with Crippen LogP contribution in [0.1, 0.15) is 17.0 Å². The zero-order valence-corrected chi connectivity index (χ0v) is 9.66. The van der Waals surface area contributed by atoms with Crippen LogP contribution in [-0.2, 0) is 4.79 Å². The minimum Gasteiger partial charge on any atom is -0.315 e. The molecular formula is C13H16N2O. The summed E-state index contributed by atoms with van der Waals surface area (Å²) in [5.41, 5.74) is 3.65. The number of benzene rings is 1. The molecule has 2 heterocycles. The molecule has 2 aliphatic heterocycles. The molecule has 1 saturated heterocycles. The fourth-order valence-electron chi connectivity index (χ4n) is 3.06. The van der Waals surface area contributed by atoms with Gasteiger partial charge in [-0.05, 0) is 18.1 Å². The van der Waals surface area contributed by atoms with Gasteiger partial charge < -0.3 is 10.2 Å². The number of anilines is 1. The van der Waals surface area contributed by atoms with Gasteiger partial charge in [0.25, 0.3) is 0 Å². The van der Waals surface area contributed by atoms with Crippen molar-refractivity contribution in [2.45, 2.75) is 12.8 Å². The summed E-state index contributed by atoms with van der Waals surface area (Å²) in [6.45, 7) is 3.83. The Kier molecular flexibility index (Phi) is 2.04. The molecule has 0 bridgehead atoms. The van der Waals surface area contributed by atoms with Gasteiger partial charge >= 0.3 is 0 Å². The standard InChI is InChI=1S/C13H16N2O/c1-8-4-3-5-9-10-6-14-7-11(10)13(16)15(2)12(8)9/h3-5,10-11,14H,6-7H2,1-2H3. The zero-order valence-electron chi connectivity index (χ0n) is 9.66. The highest BCUT2D eigenvalue weighted by molar-refractivity contribution is 5.99. The number of carbonyl (C=O) groups excluding carboxylic acids is 1. The van der Waals surface area contributed by atoms with Crippen molar-refractivity contribution in [2.75, 3.05) is 25.0 Å². The predicted octanol–water partition coefficient (Wildman–Crippen LogP) is 1.27. The van der Waals surface area contributed by atoms with Gasteiger partial charge in [-0.15, -0.1) is 0 Å². The molecule has 1 aromatic carbocycles. The predicted molar refractivity (Wildman–Crippen MR) is 63.7 cm³/mol. The van der Waals surface area contributed by atoms with Crippen molar-refractivity contribution in [3.63, 3.8) is 0 Å². The third-order valence-corrected chi connectivity index (χ3v) is 3.87. The fourth-order valence-corrected chi connectivity index (χ4v) is 3.06. The van der Waals surface area contributed by atoms with E-state index in [4.69, 9.17) is 0 Å². The highest BCUT2D eigenvalue weighted by atomic mass is 16.2. The number of fused-ring (bicyclic) bond motifs is 3. The number of aryl methyl sites for hydroxylation is 1. The molecule has 1 N–H and O–H groups in total. The first-order valence-electron chi connectivity index (χ1n) is 5.78. The van der Waals surface area contributed by atoms with Crippen LogP contribution >= 0.6 is 0 Å². The topological polar surface area (TPSA) is 32.3 Å². The molecule has 0 aliphatic carbocycles. The lowest BCUT2D eigenvalue weighted by Gasteiger charge is -2.34. The monoisotopic (exact) mass is 216 g/mol. The highest BCUT2D eigenvalue weighted by Crippen LogP contribution is 2.41. The van der Waals surface area contributed by atoms with E-state index in [0.29, 0.717) is 5.92 Å². The Bertz CT molecular complexity index is 455. The van der Waals surface area contributed by atoms with Crippen LogP contribution in [0.3, 0.4) is 0 Å². The lowest BCUT2D eigenvalue weighted by molar-refractivity contribution is -0.122. The summed E-state index contributed by atoms with van der Waals surface area (Å²) in [4.78, 5) is 14.0. The number of nitrogens with one attached hydrogen (secondary N) is 1. The van der Waals surface area contributed by atoms with Crippen molar-refractivity contribution in [2.24, 2.45) is 5.92 Å². The Morgan fingerprint density at radius 2 is 2.06 bits per heavy atom. The SMILES string of the molecule is Cc1cccc2c1N(C)C(=O)C1CNCC21. The van der Waals surface area contributed by atoms with Crippen LogP contribution < -0.4 is 10.2 Å². The summed E-state index contributed by atoms with van der Waals surface area (Å²) < 4.78 is 0. The van der Waals surface area contributed by atoms with Crippen molar-refractivity contribution in [1.29, 1.82) is 0 Å². The molecule has 1 fully saturated rings. The van der Waals surface area contributed by atoms with Gasteiger partial charge in [0, 0.05) is 31.7 Å². The number of nitrogens with zero attached hydrogens (tertiary/aromatic N) is 1. The first-order valence-corrected chi connectivity index (χ1v) is 5.78. The number of carbonyl (C=O) groups is 1. The van der Waals surface area contributed by atoms with Crippen molar-refractivity contribution >= 4 is 11.6 Å². The molecular weight excluding hydrogens is 200 g/mol. The van der Waals surface area contributed by atoms with E-state index in [1.54, 1.807) is 0 Å². The first-order chi connectivity index (χ1) is 7.70. The summed E-state index contributed by atoms with van der Waals surface area (Å²) >= 11 is 0. The van der Waals surface area contributed by atoms with Gasteiger partial charge in [-0.2, -0.15) is 0 Å². The maximum Gasteiger partial charge on any atom is 0.231 e. The van der Waals surface area contributed by atoms with Gasteiger partial charge in [0.1, 0.15) is 0 Å². The molecule has 1 amide bonds. The van der Waals surface area contributed by atoms with Crippen LogP contribution in [-0.4, -0.2) is 26.0 Å². The van der Waals surface area contributed by atoms with E-state index in [2.05, 4.69) is 30.4 Å². The third kappa shape index (κ3) is 1.15. The maximum atomic E-state index is 12.2. The van der Waals surface area contributed by atoms with E-state index in [1.165, 1.54) is 11.1 Å². The average Bonchev–Trinajstić information content (AvgIpc) is 2.74. The van der Waals surface area contributed by atoms with Crippen LogP contribution in [0.2, 0.25) is 0 Å². The fraction of sp³-hybridized carbons (Fsp3) is 0.462. The van der Waals surface area contributed by atoms with Crippen LogP contribution in [0.5, 0.6) is 0 Å². The molecule has 84 valence electrons. The lowest BCUT2D eigenvalue weighted by Crippen LogP contribution is -2.41. The van der Waals surface area contributed by atoms with E-state index in [-0.39, 0.29) is 11.8 Å². The molecule has 3 heteroatoms. The summed E-state index contributed by atoms with van der Waals surface area (Å²) in [5.74, 6) is 0.773. The second-order valence-corrected chi connectivity index (χ2v) is 4.78. The van der Waals surface area contributed by atoms with E-state index in [9.17, 15) is 4.79 Å². The van der Waals surface area contributed by atoms with Gasteiger partial charge in [0.05, 0.1) is 5.92 Å². The van der Waals surface area contributed by atoms with Gasteiger partial charge in [0.15, 0.2) is 0 Å². The normalized spacial score (nSPS) is 27.9. The molecule has 3 rings (SSSR count). The summed E-state index contributed by atoms with van der Waals surface area (Å²) in [6.07, 6.45) is 0. The molecule has 0 aromatic heterocycles. The van der Waals surface area contributed by atoms with Crippen LogP contribution in [0.4, 0.5) is 5.69 Å². The minimum atomic E-state index is 0.138. The molecule has 0 saturated carbocycles. The summed E-state index contributed by atoms with van der Waals surface area (Å²) in [5, 5.41) is 3.33. The number of rotatable bonds is 0. The van der Waals surface area contributed by atoms with E-state index in [0.717, 1.165) is 18.8 Å². The number of hydrogen-bond donors (Lipinski definition) is 1. The van der Waals surface area contributed by atoms with Gasteiger partial charge in [0.2, 0.25) is 5.91 Å². The molecule has 3 nitrogen and oxygen atoms in total. The van der Waals surface area contributed by atoms with Crippen molar-refractivity contribution in [1.82, 2.24) is 5.32 Å². The zero-order chi connectivity index (χ0) is 11.3. The van der Waals surface area contributed by atoms with Crippen LogP contribution in [0.15, 0.2) is 18.2 Å². The molecule has 0 spiro atoms. The van der Waals surface area contributed by atoms with Crippen LogP contribution in [0.25, 0.3) is 0 Å². The lowest BCUT2D eigenvalue weighted by atomic mass is 9.82. The Morgan fingerprint density at radius 1 is 1.31 bits per heavy atom. The second-order valence-electron chi connectivity index (χ2n) is 4.78. The molecule has 1 aromatic rings.